The van der Waals surface area contributed by atoms with Crippen molar-refractivity contribution in [1.29, 1.82) is 0 Å². The van der Waals surface area contributed by atoms with E-state index in [1.54, 1.807) is 0 Å². The van der Waals surface area contributed by atoms with E-state index < -0.39 is 11.5 Å². The number of nitrogens with one attached hydrogen (secondary N) is 1. The highest BCUT2D eigenvalue weighted by atomic mass is 16.5. The minimum Gasteiger partial charge on any atom is -0.480 e. The maximum Gasteiger partial charge on any atom is 0.323 e. The monoisotopic (exact) mass is 286 g/mol. The van der Waals surface area contributed by atoms with Crippen molar-refractivity contribution in [3.05, 3.63) is 0 Å². The first kappa shape index (κ1) is 17.4. The summed E-state index contributed by atoms with van der Waals surface area (Å²) in [5.74, 6) is -0.734. The first-order chi connectivity index (χ1) is 9.51. The Morgan fingerprint density at radius 3 is 2.60 bits per heavy atom. The number of ether oxygens (including phenoxy) is 1. The lowest BCUT2D eigenvalue weighted by Gasteiger charge is -2.28. The SMILES string of the molecule is CCOCCN(CC)CCCC(C)(NC1CC1)C(=O)O. The van der Waals surface area contributed by atoms with Crippen LogP contribution in [0.15, 0.2) is 0 Å². The van der Waals surface area contributed by atoms with Gasteiger partial charge in [0, 0.05) is 19.2 Å². The van der Waals surface area contributed by atoms with Crippen molar-refractivity contribution in [1.82, 2.24) is 10.2 Å². The largest absolute Gasteiger partial charge is 0.480 e. The molecule has 0 spiro atoms. The van der Waals surface area contributed by atoms with Gasteiger partial charge < -0.3 is 14.7 Å². The predicted molar refractivity (Wildman–Crippen MR) is 80.0 cm³/mol. The number of carboxylic acid groups (broad SMARTS) is 1. The highest BCUT2D eigenvalue weighted by Crippen LogP contribution is 2.25. The fourth-order valence-corrected chi connectivity index (χ4v) is 2.34. The number of likely N-dealkylation sites (N-methyl/N-ethyl adjacent to an activating group) is 1. The number of nitrogens with zero attached hydrogens (tertiary/aromatic N) is 1. The summed E-state index contributed by atoms with van der Waals surface area (Å²) in [6, 6.07) is 0.413. The zero-order valence-electron chi connectivity index (χ0n) is 13.2. The Balaban J connectivity index is 2.29. The first-order valence-electron chi connectivity index (χ1n) is 7.83. The highest BCUT2D eigenvalue weighted by Gasteiger charge is 2.37. The molecule has 1 saturated carbocycles. The van der Waals surface area contributed by atoms with Crippen LogP contribution < -0.4 is 5.32 Å². The van der Waals surface area contributed by atoms with Crippen molar-refractivity contribution in [2.75, 3.05) is 32.8 Å². The van der Waals surface area contributed by atoms with Crippen LogP contribution in [-0.2, 0) is 9.53 Å². The van der Waals surface area contributed by atoms with E-state index in [1.165, 1.54) is 0 Å². The number of rotatable bonds is 12. The fourth-order valence-electron chi connectivity index (χ4n) is 2.34. The molecule has 1 aliphatic rings. The van der Waals surface area contributed by atoms with E-state index in [-0.39, 0.29) is 0 Å². The van der Waals surface area contributed by atoms with Crippen molar-refractivity contribution in [3.63, 3.8) is 0 Å². The summed E-state index contributed by atoms with van der Waals surface area (Å²) in [4.78, 5) is 13.8. The molecule has 0 amide bonds. The van der Waals surface area contributed by atoms with Gasteiger partial charge in [0.1, 0.15) is 5.54 Å². The molecule has 1 atom stereocenters. The lowest BCUT2D eigenvalue weighted by molar-refractivity contribution is -0.144. The van der Waals surface area contributed by atoms with Gasteiger partial charge in [0.2, 0.25) is 0 Å². The van der Waals surface area contributed by atoms with Gasteiger partial charge >= 0.3 is 5.97 Å². The topological polar surface area (TPSA) is 61.8 Å². The third-order valence-corrected chi connectivity index (χ3v) is 3.93. The standard InChI is InChI=1S/C15H30N2O3/c1-4-17(11-12-20-5-2)10-6-9-15(3,14(18)19)16-13-7-8-13/h13,16H,4-12H2,1-3H3,(H,18,19). The third kappa shape index (κ3) is 6.20. The molecule has 1 fully saturated rings. The van der Waals surface area contributed by atoms with Crippen LogP contribution in [0.3, 0.4) is 0 Å². The van der Waals surface area contributed by atoms with Crippen molar-refractivity contribution < 1.29 is 14.6 Å². The van der Waals surface area contributed by atoms with Crippen molar-refractivity contribution in [2.24, 2.45) is 0 Å². The zero-order chi connectivity index (χ0) is 15.0. The molecule has 20 heavy (non-hydrogen) atoms. The molecule has 0 heterocycles. The average Bonchev–Trinajstić information content (AvgIpc) is 3.20. The van der Waals surface area contributed by atoms with Gasteiger partial charge in [-0.2, -0.15) is 0 Å². The molecule has 1 rings (SSSR count). The molecule has 1 unspecified atom stereocenters. The maximum atomic E-state index is 11.4. The quantitative estimate of drug-likeness (QED) is 0.535. The molecular weight excluding hydrogens is 256 g/mol. The molecule has 0 aromatic carbocycles. The predicted octanol–water partition coefficient (Wildman–Crippen LogP) is 1.72. The van der Waals surface area contributed by atoms with E-state index in [0.29, 0.717) is 12.5 Å². The van der Waals surface area contributed by atoms with Gasteiger partial charge in [-0.1, -0.05) is 6.92 Å². The minimum atomic E-state index is -0.777. The Morgan fingerprint density at radius 2 is 2.10 bits per heavy atom. The first-order valence-corrected chi connectivity index (χ1v) is 7.83. The van der Waals surface area contributed by atoms with Crippen LogP contribution >= 0.6 is 0 Å². The normalized spacial score (nSPS) is 18.2. The lowest BCUT2D eigenvalue weighted by atomic mass is 9.95. The van der Waals surface area contributed by atoms with Crippen molar-refractivity contribution >= 4 is 5.97 Å². The summed E-state index contributed by atoms with van der Waals surface area (Å²) in [5, 5.41) is 12.7. The maximum absolute atomic E-state index is 11.4. The van der Waals surface area contributed by atoms with Crippen LogP contribution in [0.25, 0.3) is 0 Å². The molecule has 0 bridgehead atoms. The van der Waals surface area contributed by atoms with Crippen LogP contribution in [0.1, 0.15) is 46.5 Å². The second-order valence-corrected chi connectivity index (χ2v) is 5.79. The van der Waals surface area contributed by atoms with Crippen LogP contribution in [0.5, 0.6) is 0 Å². The highest BCUT2D eigenvalue weighted by molar-refractivity contribution is 5.78. The van der Waals surface area contributed by atoms with Gasteiger partial charge in [0.25, 0.3) is 0 Å². The number of carboxylic acids is 1. The van der Waals surface area contributed by atoms with Gasteiger partial charge in [0.15, 0.2) is 0 Å². The van der Waals surface area contributed by atoms with Crippen molar-refractivity contribution in [2.45, 2.75) is 58.0 Å². The van der Waals surface area contributed by atoms with E-state index in [2.05, 4.69) is 17.1 Å². The van der Waals surface area contributed by atoms with Gasteiger partial charge in [-0.15, -0.1) is 0 Å². The number of hydrogen-bond donors (Lipinski definition) is 2. The molecule has 5 heteroatoms. The number of hydrogen-bond acceptors (Lipinski definition) is 4. The molecule has 0 radical (unpaired) electrons. The zero-order valence-corrected chi connectivity index (χ0v) is 13.2. The average molecular weight is 286 g/mol. The Kier molecular flexibility index (Phi) is 7.48. The second kappa shape index (κ2) is 8.60. The lowest BCUT2D eigenvalue weighted by Crippen LogP contribution is -2.50. The second-order valence-electron chi connectivity index (χ2n) is 5.79. The van der Waals surface area contributed by atoms with Crippen LogP contribution in [0.4, 0.5) is 0 Å². The molecule has 0 aromatic rings. The van der Waals surface area contributed by atoms with E-state index in [9.17, 15) is 9.90 Å². The van der Waals surface area contributed by atoms with Crippen molar-refractivity contribution in [3.8, 4) is 0 Å². The molecule has 1 aliphatic carbocycles. The van der Waals surface area contributed by atoms with Crippen LogP contribution in [0.2, 0.25) is 0 Å². The number of aliphatic carboxylic acids is 1. The third-order valence-electron chi connectivity index (χ3n) is 3.93. The Labute approximate surface area is 122 Å². The Morgan fingerprint density at radius 1 is 1.40 bits per heavy atom. The Bertz CT molecular complexity index is 295. The molecule has 118 valence electrons. The van der Waals surface area contributed by atoms with E-state index in [1.807, 2.05) is 13.8 Å². The van der Waals surface area contributed by atoms with Crippen LogP contribution in [0, 0.1) is 0 Å². The molecule has 0 aromatic heterocycles. The summed E-state index contributed by atoms with van der Waals surface area (Å²) >= 11 is 0. The summed E-state index contributed by atoms with van der Waals surface area (Å²) in [5.41, 5.74) is -0.777. The van der Waals surface area contributed by atoms with E-state index in [0.717, 1.165) is 52.1 Å². The summed E-state index contributed by atoms with van der Waals surface area (Å²) < 4.78 is 5.36. The molecule has 0 saturated heterocycles. The number of carbonyl (C=O) groups is 1. The van der Waals surface area contributed by atoms with Gasteiger partial charge in [-0.05, 0) is 52.6 Å². The fraction of sp³-hybridized carbons (Fsp3) is 0.933. The summed E-state index contributed by atoms with van der Waals surface area (Å²) in [6.07, 6.45) is 3.78. The minimum absolute atomic E-state index is 0.413. The van der Waals surface area contributed by atoms with Gasteiger partial charge in [0.05, 0.1) is 6.61 Å². The summed E-state index contributed by atoms with van der Waals surface area (Å²) in [6.45, 7) is 10.3. The van der Waals surface area contributed by atoms with E-state index >= 15 is 0 Å². The smallest absolute Gasteiger partial charge is 0.323 e. The molecular formula is C15H30N2O3. The van der Waals surface area contributed by atoms with E-state index in [4.69, 9.17) is 4.74 Å². The van der Waals surface area contributed by atoms with Crippen LogP contribution in [-0.4, -0.2) is 60.4 Å². The summed E-state index contributed by atoms with van der Waals surface area (Å²) in [7, 11) is 0. The Hall–Kier alpha value is -0.650. The molecule has 0 aliphatic heterocycles. The van der Waals surface area contributed by atoms with Gasteiger partial charge in [-0.3, -0.25) is 10.1 Å². The van der Waals surface area contributed by atoms with Gasteiger partial charge in [-0.25, -0.2) is 0 Å². The molecule has 2 N–H and O–H groups in total. The molecule has 5 nitrogen and oxygen atoms in total.